The van der Waals surface area contributed by atoms with E-state index < -0.39 is 12.6 Å². The second kappa shape index (κ2) is 3.51. The summed E-state index contributed by atoms with van der Waals surface area (Å²) >= 11 is 0. The highest BCUT2D eigenvalue weighted by Crippen LogP contribution is 2.14. The van der Waals surface area contributed by atoms with E-state index in [1.54, 1.807) is 0 Å². The molecule has 0 aliphatic rings. The summed E-state index contributed by atoms with van der Waals surface area (Å²) in [7, 11) is 0. The number of carboxylic acids is 1. The first-order chi connectivity index (χ1) is 5.70. The van der Waals surface area contributed by atoms with Gasteiger partial charge in [-0.1, -0.05) is 0 Å². The van der Waals surface area contributed by atoms with Crippen molar-refractivity contribution in [3.05, 3.63) is 12.5 Å². The van der Waals surface area contributed by atoms with Crippen molar-refractivity contribution in [2.45, 2.75) is 0 Å². The smallest absolute Gasteiger partial charge is 0.341 e. The van der Waals surface area contributed by atoms with Gasteiger partial charge in [-0.15, -0.1) is 0 Å². The molecule has 0 radical (unpaired) electrons. The normalized spacial score (nSPS) is 9.33. The molecule has 6 heteroatoms. The lowest BCUT2D eigenvalue weighted by Gasteiger charge is -2.02. The molecule has 0 spiro atoms. The van der Waals surface area contributed by atoms with Crippen LogP contribution in [0.3, 0.4) is 0 Å². The number of anilines is 1. The molecule has 3 N–H and O–H groups in total. The van der Waals surface area contributed by atoms with E-state index in [9.17, 15) is 4.79 Å². The number of nitrogens with zero attached hydrogens (tertiary/aromatic N) is 2. The lowest BCUT2D eigenvalue weighted by Crippen LogP contribution is -2.11. The molecule has 0 aliphatic heterocycles. The van der Waals surface area contributed by atoms with Crippen LogP contribution in [0, 0.1) is 0 Å². The molecule has 0 atom stereocenters. The Morgan fingerprint density at radius 2 is 2.50 bits per heavy atom. The van der Waals surface area contributed by atoms with Crippen LogP contribution in [0.25, 0.3) is 0 Å². The standard InChI is InChI=1S/C6H7N3O3/c7-6-4(1-8-3-9-6)12-2-5(10)11/h1,3H,2H2,(H,10,11)(H2,7,8,9). The zero-order chi connectivity index (χ0) is 8.97. The van der Waals surface area contributed by atoms with Crippen molar-refractivity contribution in [3.8, 4) is 5.75 Å². The molecule has 0 bridgehead atoms. The summed E-state index contributed by atoms with van der Waals surface area (Å²) in [6.07, 6.45) is 2.56. The topological polar surface area (TPSA) is 98.3 Å². The first kappa shape index (κ1) is 8.25. The first-order valence-corrected chi connectivity index (χ1v) is 3.10. The van der Waals surface area contributed by atoms with Gasteiger partial charge in [0.2, 0.25) is 0 Å². The van der Waals surface area contributed by atoms with Crippen LogP contribution < -0.4 is 10.5 Å². The fraction of sp³-hybridized carbons (Fsp3) is 0.167. The summed E-state index contributed by atoms with van der Waals surface area (Å²) in [5.41, 5.74) is 5.34. The van der Waals surface area contributed by atoms with Crippen LogP contribution in [-0.4, -0.2) is 27.7 Å². The average Bonchev–Trinajstić information content (AvgIpc) is 2.03. The molecule has 1 rings (SSSR count). The van der Waals surface area contributed by atoms with Crippen LogP contribution in [0.15, 0.2) is 12.5 Å². The molecule has 0 aliphatic carbocycles. The summed E-state index contributed by atoms with van der Waals surface area (Å²) < 4.78 is 4.75. The fourth-order valence-electron chi connectivity index (χ4n) is 0.577. The summed E-state index contributed by atoms with van der Waals surface area (Å²) in [5, 5.41) is 8.26. The summed E-state index contributed by atoms with van der Waals surface area (Å²) in [4.78, 5) is 17.3. The number of carbonyl (C=O) groups is 1. The lowest BCUT2D eigenvalue weighted by atomic mass is 10.5. The Morgan fingerprint density at radius 3 is 3.08 bits per heavy atom. The van der Waals surface area contributed by atoms with Crippen LogP contribution in [0.4, 0.5) is 5.82 Å². The van der Waals surface area contributed by atoms with Crippen molar-refractivity contribution in [3.63, 3.8) is 0 Å². The molecule has 6 nitrogen and oxygen atoms in total. The Kier molecular flexibility index (Phi) is 2.42. The molecule has 0 saturated carbocycles. The van der Waals surface area contributed by atoms with Crippen LogP contribution in [0.2, 0.25) is 0 Å². The minimum atomic E-state index is -1.07. The van der Waals surface area contributed by atoms with Gasteiger partial charge in [0.1, 0.15) is 6.33 Å². The van der Waals surface area contributed by atoms with E-state index in [0.717, 1.165) is 0 Å². The van der Waals surface area contributed by atoms with Gasteiger partial charge in [0.25, 0.3) is 0 Å². The molecule has 0 aromatic carbocycles. The van der Waals surface area contributed by atoms with E-state index >= 15 is 0 Å². The number of aromatic nitrogens is 2. The summed E-state index contributed by atoms with van der Waals surface area (Å²) in [5.74, 6) is -0.760. The highest BCUT2D eigenvalue weighted by molar-refractivity contribution is 5.68. The van der Waals surface area contributed by atoms with E-state index in [1.165, 1.54) is 12.5 Å². The summed E-state index contributed by atoms with van der Waals surface area (Å²) in [6.45, 7) is -0.447. The van der Waals surface area contributed by atoms with E-state index in [4.69, 9.17) is 15.6 Å². The van der Waals surface area contributed by atoms with Crippen LogP contribution in [0.1, 0.15) is 0 Å². The van der Waals surface area contributed by atoms with Crippen molar-refractivity contribution in [1.82, 2.24) is 9.97 Å². The number of ether oxygens (including phenoxy) is 1. The maximum atomic E-state index is 10.1. The number of nitrogen functional groups attached to an aromatic ring is 1. The number of carboxylic acid groups (broad SMARTS) is 1. The van der Waals surface area contributed by atoms with E-state index in [-0.39, 0.29) is 11.6 Å². The molecule has 1 aromatic heterocycles. The Hall–Kier alpha value is -1.85. The van der Waals surface area contributed by atoms with Gasteiger partial charge in [-0.3, -0.25) is 0 Å². The zero-order valence-corrected chi connectivity index (χ0v) is 6.10. The molecule has 0 fully saturated rings. The highest BCUT2D eigenvalue weighted by Gasteiger charge is 2.02. The maximum absolute atomic E-state index is 10.1. The van der Waals surface area contributed by atoms with E-state index in [2.05, 4.69) is 9.97 Å². The van der Waals surface area contributed by atoms with Gasteiger partial charge in [0, 0.05) is 0 Å². The van der Waals surface area contributed by atoms with Gasteiger partial charge in [-0.25, -0.2) is 14.8 Å². The van der Waals surface area contributed by atoms with Gasteiger partial charge in [0.15, 0.2) is 18.2 Å². The van der Waals surface area contributed by atoms with Gasteiger partial charge in [-0.2, -0.15) is 0 Å². The lowest BCUT2D eigenvalue weighted by molar-refractivity contribution is -0.139. The van der Waals surface area contributed by atoms with Gasteiger partial charge in [0.05, 0.1) is 6.20 Å². The number of aliphatic carboxylic acids is 1. The molecule has 1 heterocycles. The van der Waals surface area contributed by atoms with Gasteiger partial charge in [-0.05, 0) is 0 Å². The second-order valence-electron chi connectivity index (χ2n) is 1.95. The second-order valence-corrected chi connectivity index (χ2v) is 1.95. The third-order valence-electron chi connectivity index (χ3n) is 1.06. The largest absolute Gasteiger partial charge is 0.479 e. The van der Waals surface area contributed by atoms with Crippen LogP contribution in [0.5, 0.6) is 5.75 Å². The number of hydrogen-bond donors (Lipinski definition) is 2. The molecule has 0 saturated heterocycles. The predicted octanol–water partition coefficient (Wildman–Crippen LogP) is -0.478. The first-order valence-electron chi connectivity index (χ1n) is 3.10. The fourth-order valence-corrected chi connectivity index (χ4v) is 0.577. The molecule has 64 valence electrons. The monoisotopic (exact) mass is 169 g/mol. The molecular weight excluding hydrogens is 162 g/mol. The average molecular weight is 169 g/mol. The molecule has 0 unspecified atom stereocenters. The number of hydrogen-bond acceptors (Lipinski definition) is 5. The zero-order valence-electron chi connectivity index (χ0n) is 6.10. The summed E-state index contributed by atoms with van der Waals surface area (Å²) in [6, 6.07) is 0. The van der Waals surface area contributed by atoms with Crippen molar-refractivity contribution in [2.24, 2.45) is 0 Å². The third-order valence-corrected chi connectivity index (χ3v) is 1.06. The minimum absolute atomic E-state index is 0.131. The Morgan fingerprint density at radius 1 is 1.75 bits per heavy atom. The van der Waals surface area contributed by atoms with Crippen LogP contribution >= 0.6 is 0 Å². The Balaban J connectivity index is 2.63. The van der Waals surface area contributed by atoms with Crippen LogP contribution in [-0.2, 0) is 4.79 Å². The predicted molar refractivity (Wildman–Crippen MR) is 39.6 cm³/mol. The van der Waals surface area contributed by atoms with Crippen molar-refractivity contribution >= 4 is 11.8 Å². The SMILES string of the molecule is Nc1ncncc1OCC(=O)O. The minimum Gasteiger partial charge on any atom is -0.479 e. The highest BCUT2D eigenvalue weighted by atomic mass is 16.5. The van der Waals surface area contributed by atoms with E-state index in [0.29, 0.717) is 0 Å². The number of rotatable bonds is 3. The van der Waals surface area contributed by atoms with Gasteiger partial charge >= 0.3 is 5.97 Å². The number of nitrogens with two attached hydrogens (primary N) is 1. The van der Waals surface area contributed by atoms with Crippen molar-refractivity contribution < 1.29 is 14.6 Å². The van der Waals surface area contributed by atoms with E-state index in [1.807, 2.05) is 0 Å². The molecule has 0 amide bonds. The Bertz CT molecular complexity index is 289. The molecular formula is C6H7N3O3. The van der Waals surface area contributed by atoms with Gasteiger partial charge < -0.3 is 15.6 Å². The van der Waals surface area contributed by atoms with Crippen molar-refractivity contribution in [1.29, 1.82) is 0 Å². The third kappa shape index (κ3) is 2.08. The quantitative estimate of drug-likeness (QED) is 0.634. The maximum Gasteiger partial charge on any atom is 0.341 e. The Labute approximate surface area is 68.0 Å². The molecule has 1 aromatic rings. The molecule has 12 heavy (non-hydrogen) atoms. The van der Waals surface area contributed by atoms with Crippen molar-refractivity contribution in [2.75, 3.05) is 12.3 Å².